The summed E-state index contributed by atoms with van der Waals surface area (Å²) in [6.07, 6.45) is 0. The molecule has 128 valence electrons. The normalized spacial score (nSPS) is 10.7. The molecule has 1 aromatic heterocycles. The fraction of sp³-hybridized carbons (Fsp3) is 0.0476. The third-order valence-electron chi connectivity index (χ3n) is 4.00. The summed E-state index contributed by atoms with van der Waals surface area (Å²) in [7, 11) is 1.62. The van der Waals surface area contributed by atoms with Gasteiger partial charge >= 0.3 is 0 Å². The van der Waals surface area contributed by atoms with Crippen LogP contribution in [0.25, 0.3) is 22.6 Å². The first kappa shape index (κ1) is 15.9. The van der Waals surface area contributed by atoms with Gasteiger partial charge in [0, 0.05) is 22.9 Å². The lowest BCUT2D eigenvalue weighted by Gasteiger charge is -2.04. The average molecular weight is 344 g/mol. The summed E-state index contributed by atoms with van der Waals surface area (Å²) in [6, 6.07) is 22.0. The van der Waals surface area contributed by atoms with E-state index in [9.17, 15) is 4.79 Å². The van der Waals surface area contributed by atoms with Gasteiger partial charge in [-0.05, 0) is 42.5 Å². The quantitative estimate of drug-likeness (QED) is 0.580. The summed E-state index contributed by atoms with van der Waals surface area (Å²) in [4.78, 5) is 16.8. The summed E-state index contributed by atoms with van der Waals surface area (Å²) in [5, 5.41) is 2.87. The molecule has 0 aliphatic carbocycles. The molecule has 1 amide bonds. The van der Waals surface area contributed by atoms with Gasteiger partial charge in [0.2, 0.25) is 5.89 Å². The molecule has 5 nitrogen and oxygen atoms in total. The van der Waals surface area contributed by atoms with Crippen LogP contribution in [-0.4, -0.2) is 18.0 Å². The van der Waals surface area contributed by atoms with Crippen LogP contribution in [0.4, 0.5) is 5.69 Å². The molecule has 0 aliphatic heterocycles. The van der Waals surface area contributed by atoms with Crippen molar-refractivity contribution in [1.82, 2.24) is 4.98 Å². The highest BCUT2D eigenvalue weighted by molar-refractivity contribution is 6.04. The molecule has 0 unspecified atom stereocenters. The Kier molecular flexibility index (Phi) is 4.11. The summed E-state index contributed by atoms with van der Waals surface area (Å²) in [5.74, 6) is 1.07. The number of amides is 1. The van der Waals surface area contributed by atoms with Gasteiger partial charge in [0.15, 0.2) is 5.58 Å². The number of aromatic nitrogens is 1. The van der Waals surface area contributed by atoms with E-state index >= 15 is 0 Å². The Morgan fingerprint density at radius 3 is 2.65 bits per heavy atom. The molecule has 0 aliphatic rings. The molecule has 4 rings (SSSR count). The van der Waals surface area contributed by atoms with E-state index in [1.807, 2.05) is 48.5 Å². The lowest BCUT2D eigenvalue weighted by molar-refractivity contribution is 0.102. The van der Waals surface area contributed by atoms with E-state index in [1.54, 1.807) is 31.4 Å². The summed E-state index contributed by atoms with van der Waals surface area (Å²) in [5.41, 5.74) is 3.41. The van der Waals surface area contributed by atoms with E-state index in [0.717, 1.165) is 16.8 Å². The zero-order chi connectivity index (χ0) is 17.9. The average Bonchev–Trinajstić information content (AvgIpc) is 3.12. The van der Waals surface area contributed by atoms with Gasteiger partial charge in [-0.1, -0.05) is 24.3 Å². The number of hydrogen-bond acceptors (Lipinski definition) is 4. The summed E-state index contributed by atoms with van der Waals surface area (Å²) >= 11 is 0. The van der Waals surface area contributed by atoms with Gasteiger partial charge < -0.3 is 14.5 Å². The number of carbonyl (C=O) groups excluding carboxylic acids is 1. The molecule has 0 saturated carbocycles. The number of nitrogens with one attached hydrogen (secondary N) is 1. The predicted octanol–water partition coefficient (Wildman–Crippen LogP) is 4.76. The minimum Gasteiger partial charge on any atom is -0.497 e. The number of nitrogens with zero attached hydrogens (tertiary/aromatic N) is 1. The Balaban J connectivity index is 1.62. The van der Waals surface area contributed by atoms with Crippen molar-refractivity contribution in [3.05, 3.63) is 78.4 Å². The van der Waals surface area contributed by atoms with Gasteiger partial charge in [0.25, 0.3) is 5.91 Å². The Hall–Kier alpha value is -3.60. The van der Waals surface area contributed by atoms with Gasteiger partial charge in [-0.25, -0.2) is 4.98 Å². The van der Waals surface area contributed by atoms with Crippen molar-refractivity contribution in [3.63, 3.8) is 0 Å². The van der Waals surface area contributed by atoms with Gasteiger partial charge in [-0.3, -0.25) is 4.79 Å². The molecule has 1 heterocycles. The first-order valence-electron chi connectivity index (χ1n) is 8.14. The molecule has 0 atom stereocenters. The predicted molar refractivity (Wildman–Crippen MR) is 100 cm³/mol. The minimum absolute atomic E-state index is 0.169. The molecule has 26 heavy (non-hydrogen) atoms. The van der Waals surface area contributed by atoms with E-state index in [1.165, 1.54) is 0 Å². The number of rotatable bonds is 4. The van der Waals surface area contributed by atoms with Gasteiger partial charge in [-0.15, -0.1) is 0 Å². The maximum Gasteiger partial charge on any atom is 0.255 e. The number of fused-ring (bicyclic) bond motifs is 1. The number of benzene rings is 3. The molecule has 1 N–H and O–H groups in total. The molecule has 0 bridgehead atoms. The first-order chi connectivity index (χ1) is 12.7. The molecule has 0 spiro atoms. The lowest BCUT2D eigenvalue weighted by Crippen LogP contribution is -2.11. The van der Waals surface area contributed by atoms with E-state index in [0.29, 0.717) is 22.7 Å². The zero-order valence-electron chi connectivity index (χ0n) is 14.1. The third-order valence-corrected chi connectivity index (χ3v) is 4.00. The Morgan fingerprint density at radius 2 is 1.85 bits per heavy atom. The minimum atomic E-state index is -0.169. The van der Waals surface area contributed by atoms with Crippen molar-refractivity contribution >= 4 is 22.7 Å². The second kappa shape index (κ2) is 6.72. The van der Waals surface area contributed by atoms with Crippen molar-refractivity contribution in [2.24, 2.45) is 0 Å². The van der Waals surface area contributed by atoms with Crippen molar-refractivity contribution in [3.8, 4) is 17.2 Å². The van der Waals surface area contributed by atoms with Gasteiger partial charge in [0.1, 0.15) is 11.3 Å². The number of carbonyl (C=O) groups is 1. The SMILES string of the molecule is COc1cccc(-c2nc3ccc(NC(=O)c4ccccc4)cc3o2)c1. The second-order valence-electron chi connectivity index (χ2n) is 5.75. The smallest absolute Gasteiger partial charge is 0.255 e. The highest BCUT2D eigenvalue weighted by Gasteiger charge is 2.11. The second-order valence-corrected chi connectivity index (χ2v) is 5.75. The lowest BCUT2D eigenvalue weighted by atomic mass is 10.2. The zero-order valence-corrected chi connectivity index (χ0v) is 14.1. The summed E-state index contributed by atoms with van der Waals surface area (Å²) < 4.78 is 11.1. The Bertz CT molecular complexity index is 1070. The summed E-state index contributed by atoms with van der Waals surface area (Å²) in [6.45, 7) is 0. The molecular weight excluding hydrogens is 328 g/mol. The standard InChI is InChI=1S/C21H16N2O3/c1-25-17-9-5-8-15(12-17)21-23-18-11-10-16(13-19(18)26-21)22-20(24)14-6-3-2-4-7-14/h2-13H,1H3,(H,22,24). The molecule has 3 aromatic carbocycles. The van der Waals surface area contributed by atoms with Crippen LogP contribution in [0.15, 0.2) is 77.2 Å². The first-order valence-corrected chi connectivity index (χ1v) is 8.14. The van der Waals surface area contributed by atoms with Crippen molar-refractivity contribution in [1.29, 1.82) is 0 Å². The number of anilines is 1. The number of methoxy groups -OCH3 is 1. The fourth-order valence-electron chi connectivity index (χ4n) is 2.67. The molecule has 5 heteroatoms. The molecular formula is C21H16N2O3. The highest BCUT2D eigenvalue weighted by atomic mass is 16.5. The largest absolute Gasteiger partial charge is 0.497 e. The van der Waals surface area contributed by atoms with Crippen LogP contribution in [0.5, 0.6) is 5.75 Å². The van der Waals surface area contributed by atoms with Crippen LogP contribution in [0.3, 0.4) is 0 Å². The number of oxazole rings is 1. The fourth-order valence-corrected chi connectivity index (χ4v) is 2.67. The third kappa shape index (κ3) is 3.15. The van der Waals surface area contributed by atoms with Crippen molar-refractivity contribution < 1.29 is 13.9 Å². The van der Waals surface area contributed by atoms with Gasteiger partial charge in [0.05, 0.1) is 7.11 Å². The maximum atomic E-state index is 12.3. The molecule has 4 aromatic rings. The molecule has 0 radical (unpaired) electrons. The molecule has 0 saturated heterocycles. The van der Waals surface area contributed by atoms with Crippen molar-refractivity contribution in [2.75, 3.05) is 12.4 Å². The van der Waals surface area contributed by atoms with Gasteiger partial charge in [-0.2, -0.15) is 0 Å². The van der Waals surface area contributed by atoms with E-state index < -0.39 is 0 Å². The van der Waals surface area contributed by atoms with Crippen LogP contribution in [0.2, 0.25) is 0 Å². The van der Waals surface area contributed by atoms with Crippen LogP contribution in [-0.2, 0) is 0 Å². The van der Waals surface area contributed by atoms with E-state index in [2.05, 4.69) is 10.3 Å². The molecule has 0 fully saturated rings. The van der Waals surface area contributed by atoms with E-state index in [4.69, 9.17) is 9.15 Å². The van der Waals surface area contributed by atoms with Crippen LogP contribution >= 0.6 is 0 Å². The van der Waals surface area contributed by atoms with Crippen LogP contribution < -0.4 is 10.1 Å². The maximum absolute atomic E-state index is 12.3. The highest BCUT2D eigenvalue weighted by Crippen LogP contribution is 2.28. The topological polar surface area (TPSA) is 64.4 Å². The van der Waals surface area contributed by atoms with Crippen molar-refractivity contribution in [2.45, 2.75) is 0 Å². The van der Waals surface area contributed by atoms with Crippen LogP contribution in [0.1, 0.15) is 10.4 Å². The van der Waals surface area contributed by atoms with E-state index in [-0.39, 0.29) is 5.91 Å². The Labute approximate surface area is 150 Å². The van der Waals surface area contributed by atoms with Crippen LogP contribution in [0, 0.1) is 0 Å². The Morgan fingerprint density at radius 1 is 1.00 bits per heavy atom. The number of ether oxygens (including phenoxy) is 1. The monoisotopic (exact) mass is 344 g/mol. The number of hydrogen-bond donors (Lipinski definition) is 1.